The zero-order valence-electron chi connectivity index (χ0n) is 60.0. The fraction of sp³-hybridized carbons (Fsp3) is 0.746. The Hall–Kier alpha value is -7.06. The van der Waals surface area contributed by atoms with Crippen molar-refractivity contribution in [2.45, 2.75) is 229 Å². The second kappa shape index (κ2) is 35.0. The quantitative estimate of drug-likeness (QED) is 0.257. The van der Waals surface area contributed by atoms with Crippen LogP contribution >= 0.6 is 11.6 Å². The molecule has 1 aromatic rings. The number of alkyl halides is 3. The highest BCUT2D eigenvalue weighted by molar-refractivity contribution is 6.31. The Balaban J connectivity index is 1.29. The highest BCUT2D eigenvalue weighted by Gasteiger charge is 2.52. The van der Waals surface area contributed by atoms with E-state index >= 15 is 28.8 Å². The number of nitrogens with zero attached hydrogens (tertiary/aromatic N) is 9. The second-order valence-electron chi connectivity index (χ2n) is 29.4. The number of nitrogens with one attached hydrogen (secondary N) is 3. The summed E-state index contributed by atoms with van der Waals surface area (Å²) < 4.78 is 41.6. The van der Waals surface area contributed by atoms with Crippen LogP contribution in [-0.2, 0) is 70.1 Å². The summed E-state index contributed by atoms with van der Waals surface area (Å²) in [5.41, 5.74) is -2.33. The molecular formula is C71H108ClF3N12O12. The molecule has 3 aliphatic carbocycles. The third-order valence-electron chi connectivity index (χ3n) is 21.8. The minimum Gasteiger partial charge on any atom is -0.343 e. The number of carbonyl (C=O) groups excluding carboxylic acids is 12. The van der Waals surface area contributed by atoms with Crippen molar-refractivity contribution >= 4 is 82.5 Å². The average Bonchev–Trinajstić information content (AvgIpc) is 1.77. The fourth-order valence-corrected chi connectivity index (χ4v) is 15.9. The van der Waals surface area contributed by atoms with E-state index in [9.17, 15) is 41.9 Å². The van der Waals surface area contributed by atoms with Crippen LogP contribution in [0.15, 0.2) is 18.2 Å². The van der Waals surface area contributed by atoms with E-state index in [1.54, 1.807) is 11.8 Å². The van der Waals surface area contributed by atoms with Crippen molar-refractivity contribution in [3.05, 3.63) is 34.3 Å². The molecular weight excluding hydrogens is 1310 g/mol. The minimum atomic E-state index is -4.76. The van der Waals surface area contributed by atoms with Gasteiger partial charge in [-0.25, -0.2) is 0 Å². The van der Waals surface area contributed by atoms with Crippen LogP contribution < -0.4 is 16.0 Å². The van der Waals surface area contributed by atoms with E-state index in [2.05, 4.69) is 16.0 Å². The zero-order chi connectivity index (χ0) is 73.0. The molecule has 3 saturated carbocycles. The van der Waals surface area contributed by atoms with Crippen LogP contribution in [0.2, 0.25) is 5.02 Å². The molecule has 1 spiro atoms. The average molecular weight is 1410 g/mol. The summed E-state index contributed by atoms with van der Waals surface area (Å²) in [4.78, 5) is 191. The Morgan fingerprint density at radius 2 is 1.18 bits per heavy atom. The van der Waals surface area contributed by atoms with Gasteiger partial charge in [-0.1, -0.05) is 96.7 Å². The molecule has 12 amide bonds. The van der Waals surface area contributed by atoms with E-state index in [1.165, 1.54) is 79.9 Å². The van der Waals surface area contributed by atoms with Crippen molar-refractivity contribution in [3.63, 3.8) is 0 Å². The van der Waals surface area contributed by atoms with Crippen molar-refractivity contribution in [2.24, 2.45) is 23.7 Å². The number of carbonyl (C=O) groups is 12. The van der Waals surface area contributed by atoms with Gasteiger partial charge in [0, 0.05) is 69.0 Å². The summed E-state index contributed by atoms with van der Waals surface area (Å²) in [6, 6.07) is -5.49. The highest BCUT2D eigenvalue weighted by atomic mass is 35.5. The number of halogens is 4. The maximum atomic E-state index is 15.8. The van der Waals surface area contributed by atoms with Gasteiger partial charge in [-0.2, -0.15) is 13.2 Å². The van der Waals surface area contributed by atoms with Crippen LogP contribution in [0.1, 0.15) is 180 Å². The van der Waals surface area contributed by atoms with Crippen LogP contribution in [0, 0.1) is 23.7 Å². The Labute approximate surface area is 586 Å². The number of hydrogen-bond acceptors (Lipinski definition) is 12. The molecule has 6 aliphatic rings. The number of fused-ring (bicyclic) bond motifs is 1. The molecule has 99 heavy (non-hydrogen) atoms. The fourth-order valence-electron chi connectivity index (χ4n) is 15.6. The van der Waals surface area contributed by atoms with Gasteiger partial charge in [-0.05, 0) is 131 Å². The van der Waals surface area contributed by atoms with Gasteiger partial charge in [0.15, 0.2) is 0 Å². The number of benzene rings is 1. The van der Waals surface area contributed by atoms with Crippen LogP contribution in [-0.4, -0.2) is 251 Å². The predicted octanol–water partition coefficient (Wildman–Crippen LogP) is 5.64. The molecule has 3 saturated heterocycles. The second-order valence-corrected chi connectivity index (χ2v) is 29.8. The molecule has 3 N–H and O–H groups in total. The standard InChI is InChI=1S/C71H108ClF3N12O12/c1-12-45(4)59-66(96)81(7)42-57(90)79(5)43-58(91)84(10)60(47-26-17-18-27-47)67(97)80(6)41-55(88)76-51(32-30-46-29-31-49(50(72)39-46)71(73,74)75)64(94)87-37-23-28-52(87)63(93)78-70(33-19-20-34-70)69(99)85(11)61(48-24-15-13-16-25-48)68(98)83(9)54(65(95)86-35-21-14-22-36-86)40-56(89)82(8)53(38-44(2)3)62(92)77-59/h29,31,39,44-45,47-48,51-54,59-61H,12-28,30,32-38,40-43H2,1-11H3,(H,76,88)(H,77,92)(H,78,93)/t45-,51-,52-,53-,54-,59-,60-,61-/m0/s1. The third-order valence-corrected chi connectivity index (χ3v) is 22.1. The Morgan fingerprint density at radius 1 is 0.606 bits per heavy atom. The number of likely N-dealkylation sites (tertiary alicyclic amines) is 1. The molecule has 3 heterocycles. The lowest BCUT2D eigenvalue weighted by molar-refractivity contribution is -0.157. The molecule has 0 aromatic heterocycles. The van der Waals surface area contributed by atoms with Crippen LogP contribution in [0.3, 0.4) is 0 Å². The number of likely N-dealkylation sites (N-methyl/N-ethyl adjacent to an activating group) is 7. The molecule has 6 fully saturated rings. The van der Waals surface area contributed by atoms with Gasteiger partial charge in [-0.3, -0.25) is 57.5 Å². The number of rotatable bonds is 10. The number of amides is 12. The van der Waals surface area contributed by atoms with Crippen LogP contribution in [0.4, 0.5) is 13.2 Å². The lowest BCUT2D eigenvalue weighted by atomic mass is 9.81. The zero-order valence-corrected chi connectivity index (χ0v) is 60.8. The van der Waals surface area contributed by atoms with E-state index in [4.69, 9.17) is 11.6 Å². The molecule has 552 valence electrons. The summed E-state index contributed by atoms with van der Waals surface area (Å²) in [6.45, 7) is 6.47. The highest BCUT2D eigenvalue weighted by Crippen LogP contribution is 2.39. The van der Waals surface area contributed by atoms with Gasteiger partial charge in [0.05, 0.1) is 36.6 Å². The van der Waals surface area contributed by atoms with Crippen molar-refractivity contribution < 1.29 is 70.7 Å². The molecule has 0 radical (unpaired) electrons. The Bertz CT molecular complexity index is 3100. The van der Waals surface area contributed by atoms with Gasteiger partial charge in [0.2, 0.25) is 70.9 Å². The first-order chi connectivity index (χ1) is 46.7. The number of piperidine rings is 1. The predicted molar refractivity (Wildman–Crippen MR) is 364 cm³/mol. The van der Waals surface area contributed by atoms with Gasteiger partial charge in [-0.15, -0.1) is 0 Å². The van der Waals surface area contributed by atoms with Crippen LogP contribution in [0.5, 0.6) is 0 Å². The normalized spacial score (nSPS) is 27.0. The summed E-state index contributed by atoms with van der Waals surface area (Å²) in [5.74, 6) is -9.04. The molecule has 3 aliphatic heterocycles. The molecule has 8 atom stereocenters. The van der Waals surface area contributed by atoms with Gasteiger partial charge in [0.25, 0.3) is 0 Å². The molecule has 0 unspecified atom stereocenters. The third kappa shape index (κ3) is 19.5. The van der Waals surface area contributed by atoms with Gasteiger partial charge < -0.3 is 60.0 Å². The first kappa shape index (κ1) is 79.3. The number of aryl methyl sites for hydroxylation is 1. The van der Waals surface area contributed by atoms with E-state index in [0.29, 0.717) is 82.9 Å². The molecule has 1 aromatic carbocycles. The summed E-state index contributed by atoms with van der Waals surface area (Å²) in [6.07, 6.45) is 5.20. The summed E-state index contributed by atoms with van der Waals surface area (Å²) in [7, 11) is 10.0. The van der Waals surface area contributed by atoms with Crippen molar-refractivity contribution in [3.8, 4) is 0 Å². The smallest absolute Gasteiger partial charge is 0.343 e. The lowest BCUT2D eigenvalue weighted by Crippen LogP contribution is -2.65. The van der Waals surface area contributed by atoms with Crippen molar-refractivity contribution in [1.29, 1.82) is 0 Å². The van der Waals surface area contributed by atoms with Gasteiger partial charge >= 0.3 is 6.18 Å². The Morgan fingerprint density at radius 3 is 1.77 bits per heavy atom. The summed E-state index contributed by atoms with van der Waals surface area (Å²) >= 11 is 6.15. The summed E-state index contributed by atoms with van der Waals surface area (Å²) in [5, 5.41) is 8.17. The van der Waals surface area contributed by atoms with E-state index in [-0.39, 0.29) is 56.9 Å². The molecule has 0 bridgehead atoms. The first-order valence-corrected chi connectivity index (χ1v) is 36.2. The largest absolute Gasteiger partial charge is 0.417 e. The van der Waals surface area contributed by atoms with E-state index < -0.39 is 173 Å². The van der Waals surface area contributed by atoms with E-state index in [1.807, 2.05) is 20.8 Å². The maximum Gasteiger partial charge on any atom is 0.417 e. The monoisotopic (exact) mass is 1410 g/mol. The first-order valence-electron chi connectivity index (χ1n) is 35.9. The van der Waals surface area contributed by atoms with Crippen LogP contribution in [0.25, 0.3) is 0 Å². The lowest BCUT2D eigenvalue weighted by Gasteiger charge is -2.43. The molecule has 7 rings (SSSR count). The van der Waals surface area contributed by atoms with Crippen molar-refractivity contribution in [2.75, 3.05) is 88.6 Å². The minimum absolute atomic E-state index is 0.0398. The Kier molecular flexibility index (Phi) is 28.0. The molecule has 28 heteroatoms. The van der Waals surface area contributed by atoms with Crippen molar-refractivity contribution in [1.82, 2.24) is 60.0 Å². The van der Waals surface area contributed by atoms with Gasteiger partial charge in [0.1, 0.15) is 47.8 Å². The SMILES string of the molecule is CC[C@H](C)[C@@H]1NC(=O)[C@H](CC(C)C)N(C)C(=O)C[C@@H](C(=O)N2CCCCC2)N(C)C(=O)[C@H](C2CCCCC2)N(C)C(=O)C2(CCCC2)NC(=O)[C@@H]2CCCN2C(=O)[C@H](CCc2ccc(C(F)(F)F)c(Cl)c2)NC(=O)CN(C)C(=O)[C@H](C2CCCC2)N(C)C(=O)CN(C)C(=O)CN(C)C1=O. The maximum absolute atomic E-state index is 15.8. The number of hydrogen-bond donors (Lipinski definition) is 3. The molecule has 24 nitrogen and oxygen atoms in total. The van der Waals surface area contributed by atoms with E-state index in [0.717, 1.165) is 65.4 Å². The topological polar surface area (TPSA) is 270 Å².